The first-order valence-corrected chi connectivity index (χ1v) is 10.1. The van der Waals surface area contributed by atoms with Gasteiger partial charge in [0.1, 0.15) is 5.82 Å². The molecule has 154 valence electrons. The molecule has 2 heterocycles. The number of nitrogens with one attached hydrogen (secondary N) is 1. The standard InChI is InChI=1S/C24H20FN5O/c1-13-11-16(12-15-3-2-10-27-19(13)15)21-20(14-4-6-17(25)7-5-14)30-23(26)22(29-21)24(31)28-18-8-9-18/h2-7,10-12,18H,8-9H2,1H3,(H2,26,30)(H,28,31). The number of benzene rings is 2. The van der Waals surface area contributed by atoms with Crippen molar-refractivity contribution in [3.05, 3.63) is 71.8 Å². The van der Waals surface area contributed by atoms with Gasteiger partial charge in [0.2, 0.25) is 0 Å². The number of rotatable bonds is 4. The van der Waals surface area contributed by atoms with Gasteiger partial charge in [-0.25, -0.2) is 14.4 Å². The van der Waals surface area contributed by atoms with Crippen LogP contribution in [0.3, 0.4) is 0 Å². The van der Waals surface area contributed by atoms with Gasteiger partial charge in [0.05, 0.1) is 16.9 Å². The average Bonchev–Trinajstić information content (AvgIpc) is 3.58. The van der Waals surface area contributed by atoms with E-state index in [1.807, 2.05) is 31.2 Å². The number of hydrogen-bond donors (Lipinski definition) is 2. The Bertz CT molecular complexity index is 1320. The fourth-order valence-electron chi connectivity index (χ4n) is 3.62. The number of hydrogen-bond acceptors (Lipinski definition) is 5. The third kappa shape index (κ3) is 3.70. The van der Waals surface area contributed by atoms with Crippen molar-refractivity contribution in [2.45, 2.75) is 25.8 Å². The van der Waals surface area contributed by atoms with Crippen molar-refractivity contribution in [2.75, 3.05) is 5.73 Å². The second-order valence-electron chi connectivity index (χ2n) is 7.78. The smallest absolute Gasteiger partial charge is 0.273 e. The molecule has 0 spiro atoms. The fraction of sp³-hybridized carbons (Fsp3) is 0.167. The number of carbonyl (C=O) groups excluding carboxylic acids is 1. The van der Waals surface area contributed by atoms with Crippen molar-refractivity contribution in [2.24, 2.45) is 0 Å². The zero-order valence-electron chi connectivity index (χ0n) is 16.9. The number of aryl methyl sites for hydroxylation is 1. The third-order valence-corrected chi connectivity index (χ3v) is 5.34. The van der Waals surface area contributed by atoms with E-state index < -0.39 is 0 Å². The van der Waals surface area contributed by atoms with Gasteiger partial charge in [-0.2, -0.15) is 0 Å². The number of carbonyl (C=O) groups is 1. The van der Waals surface area contributed by atoms with Gasteiger partial charge in [0.25, 0.3) is 5.91 Å². The van der Waals surface area contributed by atoms with Crippen molar-refractivity contribution < 1.29 is 9.18 Å². The largest absolute Gasteiger partial charge is 0.382 e. The number of pyridine rings is 1. The predicted molar refractivity (Wildman–Crippen MR) is 118 cm³/mol. The Hall–Kier alpha value is -3.87. The molecule has 1 aliphatic carbocycles. The Morgan fingerprint density at radius 3 is 2.55 bits per heavy atom. The van der Waals surface area contributed by atoms with E-state index in [0.29, 0.717) is 17.0 Å². The zero-order chi connectivity index (χ0) is 21.5. The Morgan fingerprint density at radius 2 is 1.81 bits per heavy atom. The van der Waals surface area contributed by atoms with Crippen LogP contribution < -0.4 is 11.1 Å². The lowest BCUT2D eigenvalue weighted by atomic mass is 9.99. The quantitative estimate of drug-likeness (QED) is 0.521. The topological polar surface area (TPSA) is 93.8 Å². The summed E-state index contributed by atoms with van der Waals surface area (Å²) in [6, 6.07) is 13.9. The normalized spacial score (nSPS) is 13.4. The summed E-state index contributed by atoms with van der Waals surface area (Å²) < 4.78 is 13.5. The molecule has 0 atom stereocenters. The number of nitrogen functional groups attached to an aromatic ring is 1. The molecule has 31 heavy (non-hydrogen) atoms. The lowest BCUT2D eigenvalue weighted by Gasteiger charge is -2.14. The van der Waals surface area contributed by atoms with Gasteiger partial charge in [0.15, 0.2) is 11.5 Å². The minimum absolute atomic E-state index is 0.0420. The molecule has 7 heteroatoms. The Morgan fingerprint density at radius 1 is 1.06 bits per heavy atom. The van der Waals surface area contributed by atoms with Crippen LogP contribution in [0.5, 0.6) is 0 Å². The second kappa shape index (κ2) is 7.43. The lowest BCUT2D eigenvalue weighted by molar-refractivity contribution is 0.0947. The molecule has 3 N–H and O–H groups in total. The van der Waals surface area contributed by atoms with Crippen LogP contribution in [-0.2, 0) is 0 Å². The first-order chi connectivity index (χ1) is 15.0. The van der Waals surface area contributed by atoms with Crippen LogP contribution in [0.4, 0.5) is 10.2 Å². The molecular weight excluding hydrogens is 393 g/mol. The predicted octanol–water partition coefficient (Wildman–Crippen LogP) is 4.28. The van der Waals surface area contributed by atoms with Gasteiger partial charge in [0, 0.05) is 28.8 Å². The molecule has 4 aromatic rings. The molecule has 2 aromatic carbocycles. The van der Waals surface area contributed by atoms with Crippen LogP contribution in [0, 0.1) is 12.7 Å². The van der Waals surface area contributed by atoms with Crippen molar-refractivity contribution >= 4 is 22.6 Å². The maximum absolute atomic E-state index is 13.5. The monoisotopic (exact) mass is 413 g/mol. The van der Waals surface area contributed by atoms with Crippen molar-refractivity contribution in [3.63, 3.8) is 0 Å². The van der Waals surface area contributed by atoms with Crippen LogP contribution in [0.25, 0.3) is 33.4 Å². The molecule has 1 amide bonds. The molecule has 2 aromatic heterocycles. The van der Waals surface area contributed by atoms with Crippen LogP contribution in [0.1, 0.15) is 28.9 Å². The maximum Gasteiger partial charge on any atom is 0.273 e. The Balaban J connectivity index is 1.72. The minimum Gasteiger partial charge on any atom is -0.382 e. The van der Waals surface area contributed by atoms with Gasteiger partial charge in [-0.1, -0.05) is 6.07 Å². The molecule has 1 fully saturated rings. The average molecular weight is 413 g/mol. The maximum atomic E-state index is 13.5. The fourth-order valence-corrected chi connectivity index (χ4v) is 3.62. The summed E-state index contributed by atoms with van der Waals surface area (Å²) >= 11 is 0. The summed E-state index contributed by atoms with van der Waals surface area (Å²) in [5.41, 5.74) is 10.5. The Labute approximate surface area is 178 Å². The van der Waals surface area contributed by atoms with Gasteiger partial charge < -0.3 is 11.1 Å². The highest BCUT2D eigenvalue weighted by molar-refractivity contribution is 5.99. The van der Waals surface area contributed by atoms with Crippen LogP contribution >= 0.6 is 0 Å². The first-order valence-electron chi connectivity index (χ1n) is 10.1. The van der Waals surface area contributed by atoms with E-state index in [9.17, 15) is 9.18 Å². The molecule has 0 aliphatic heterocycles. The first kappa shape index (κ1) is 19.1. The highest BCUT2D eigenvalue weighted by Gasteiger charge is 2.27. The lowest BCUT2D eigenvalue weighted by Crippen LogP contribution is -2.28. The molecule has 0 saturated heterocycles. The van der Waals surface area contributed by atoms with E-state index in [0.717, 1.165) is 34.9 Å². The number of fused-ring (bicyclic) bond motifs is 1. The molecule has 1 aliphatic rings. The molecule has 1 saturated carbocycles. The second-order valence-corrected chi connectivity index (χ2v) is 7.78. The molecule has 0 radical (unpaired) electrons. The summed E-state index contributed by atoms with van der Waals surface area (Å²) in [6.45, 7) is 1.97. The van der Waals surface area contributed by atoms with Crippen LogP contribution in [-0.4, -0.2) is 26.9 Å². The number of nitrogens with two attached hydrogens (primary N) is 1. The van der Waals surface area contributed by atoms with E-state index in [4.69, 9.17) is 5.73 Å². The number of anilines is 1. The van der Waals surface area contributed by atoms with Crippen LogP contribution in [0.2, 0.25) is 0 Å². The van der Waals surface area contributed by atoms with Gasteiger partial charge >= 0.3 is 0 Å². The number of aromatic nitrogens is 3. The van der Waals surface area contributed by atoms with E-state index in [1.54, 1.807) is 18.3 Å². The van der Waals surface area contributed by atoms with Crippen molar-refractivity contribution in [1.82, 2.24) is 20.3 Å². The summed E-state index contributed by atoms with van der Waals surface area (Å²) in [7, 11) is 0. The van der Waals surface area contributed by atoms with Crippen LogP contribution in [0.15, 0.2) is 54.7 Å². The Kier molecular flexibility index (Phi) is 4.58. The van der Waals surface area contributed by atoms with E-state index >= 15 is 0 Å². The minimum atomic E-state index is -0.348. The van der Waals surface area contributed by atoms with Gasteiger partial charge in [-0.05, 0) is 67.8 Å². The van der Waals surface area contributed by atoms with E-state index in [2.05, 4.69) is 20.3 Å². The summed E-state index contributed by atoms with van der Waals surface area (Å²) in [5.74, 6) is -0.640. The highest BCUT2D eigenvalue weighted by atomic mass is 19.1. The molecule has 0 unspecified atom stereocenters. The molecular formula is C24H20FN5O. The van der Waals surface area contributed by atoms with Gasteiger partial charge in [-0.3, -0.25) is 9.78 Å². The molecule has 5 rings (SSSR count). The summed E-state index contributed by atoms with van der Waals surface area (Å²) in [5, 5.41) is 3.87. The summed E-state index contributed by atoms with van der Waals surface area (Å²) in [6.07, 6.45) is 3.66. The molecule has 6 nitrogen and oxygen atoms in total. The number of amides is 1. The van der Waals surface area contributed by atoms with E-state index in [-0.39, 0.29) is 29.3 Å². The zero-order valence-corrected chi connectivity index (χ0v) is 16.9. The highest BCUT2D eigenvalue weighted by Crippen LogP contribution is 2.33. The SMILES string of the molecule is Cc1cc(-c2nc(C(=O)NC3CC3)c(N)nc2-c2ccc(F)cc2)cc2cccnc12. The third-order valence-electron chi connectivity index (χ3n) is 5.34. The summed E-state index contributed by atoms with van der Waals surface area (Å²) in [4.78, 5) is 26.3. The number of halogens is 1. The van der Waals surface area contributed by atoms with Crippen molar-refractivity contribution in [1.29, 1.82) is 0 Å². The van der Waals surface area contributed by atoms with Crippen molar-refractivity contribution in [3.8, 4) is 22.5 Å². The molecule has 0 bridgehead atoms. The number of nitrogens with zero attached hydrogens (tertiary/aromatic N) is 3. The van der Waals surface area contributed by atoms with Gasteiger partial charge in [-0.15, -0.1) is 0 Å². The van der Waals surface area contributed by atoms with E-state index in [1.165, 1.54) is 12.1 Å².